The molecule has 29 heavy (non-hydrogen) atoms. The maximum absolute atomic E-state index is 13.3. The van der Waals surface area contributed by atoms with Crippen LogP contribution in [0, 0.1) is 12.8 Å². The Balaban J connectivity index is 2.01. The molecule has 3 atom stereocenters. The van der Waals surface area contributed by atoms with Crippen LogP contribution < -0.4 is 0 Å². The minimum atomic E-state index is -3.96. The van der Waals surface area contributed by atoms with Crippen molar-refractivity contribution < 1.29 is 22.7 Å². The molecule has 0 unspecified atom stereocenters. The van der Waals surface area contributed by atoms with Crippen LogP contribution >= 0.6 is 0 Å². The van der Waals surface area contributed by atoms with E-state index in [2.05, 4.69) is 0 Å². The zero-order chi connectivity index (χ0) is 21.2. The summed E-state index contributed by atoms with van der Waals surface area (Å²) in [5.74, 6) is -1.89. The van der Waals surface area contributed by atoms with Gasteiger partial charge in [0.2, 0.25) is 5.91 Å². The number of carbonyl (C=O) groups excluding carboxylic acids is 2. The van der Waals surface area contributed by atoms with E-state index in [0.29, 0.717) is 0 Å². The predicted molar refractivity (Wildman–Crippen MR) is 109 cm³/mol. The van der Waals surface area contributed by atoms with Crippen molar-refractivity contribution in [2.24, 2.45) is 5.92 Å². The molecule has 0 spiro atoms. The summed E-state index contributed by atoms with van der Waals surface area (Å²) in [6.07, 6.45) is 0. The summed E-state index contributed by atoms with van der Waals surface area (Å²) in [5.41, 5.74) is 1.74. The van der Waals surface area contributed by atoms with Crippen LogP contribution in [0.1, 0.15) is 25.0 Å². The van der Waals surface area contributed by atoms with Crippen molar-refractivity contribution in [3.63, 3.8) is 0 Å². The van der Waals surface area contributed by atoms with E-state index in [9.17, 15) is 18.0 Å². The number of hydrogen-bond acceptors (Lipinski definition) is 5. The molecule has 2 aromatic carbocycles. The Hall–Kier alpha value is -2.67. The predicted octanol–water partition coefficient (Wildman–Crippen LogP) is 2.75. The SMILES string of the molecule is CCOC(=O)[C@@H]1[C@@H](C)[C@H](S(=O)(=O)c2ccc(C)cc2)C(=O)N1Cc1ccccc1. The first-order valence-corrected chi connectivity index (χ1v) is 11.1. The van der Waals surface area contributed by atoms with Gasteiger partial charge in [0.25, 0.3) is 0 Å². The van der Waals surface area contributed by atoms with Gasteiger partial charge in [-0.2, -0.15) is 0 Å². The summed E-state index contributed by atoms with van der Waals surface area (Å²) < 4.78 is 31.7. The molecule has 1 saturated heterocycles. The number of esters is 1. The van der Waals surface area contributed by atoms with Gasteiger partial charge in [0.15, 0.2) is 9.84 Å². The first-order valence-electron chi connectivity index (χ1n) is 9.59. The van der Waals surface area contributed by atoms with Gasteiger partial charge in [0.05, 0.1) is 11.5 Å². The van der Waals surface area contributed by atoms with E-state index < -0.39 is 38.9 Å². The van der Waals surface area contributed by atoms with Gasteiger partial charge in [0.1, 0.15) is 11.3 Å². The second-order valence-corrected chi connectivity index (χ2v) is 9.36. The third-order valence-electron chi connectivity index (χ3n) is 5.25. The number of rotatable bonds is 6. The molecule has 6 nitrogen and oxygen atoms in total. The third kappa shape index (κ3) is 4.05. The van der Waals surface area contributed by atoms with Gasteiger partial charge >= 0.3 is 5.97 Å². The Kier molecular flexibility index (Phi) is 6.07. The maximum Gasteiger partial charge on any atom is 0.329 e. The van der Waals surface area contributed by atoms with Crippen molar-refractivity contribution in [2.75, 3.05) is 6.61 Å². The van der Waals surface area contributed by atoms with E-state index in [1.54, 1.807) is 26.0 Å². The van der Waals surface area contributed by atoms with Gasteiger partial charge in [-0.25, -0.2) is 13.2 Å². The summed E-state index contributed by atoms with van der Waals surface area (Å²) in [6, 6.07) is 14.6. The molecule has 0 aliphatic carbocycles. The fourth-order valence-corrected chi connectivity index (χ4v) is 5.71. The monoisotopic (exact) mass is 415 g/mol. The minimum absolute atomic E-state index is 0.0810. The highest BCUT2D eigenvalue weighted by atomic mass is 32.2. The van der Waals surface area contributed by atoms with Crippen molar-refractivity contribution >= 4 is 21.7 Å². The highest BCUT2D eigenvalue weighted by molar-refractivity contribution is 7.92. The van der Waals surface area contributed by atoms with Crippen molar-refractivity contribution in [3.05, 3.63) is 65.7 Å². The van der Waals surface area contributed by atoms with Crippen LogP contribution in [-0.2, 0) is 30.7 Å². The van der Waals surface area contributed by atoms with Crippen molar-refractivity contribution in [3.8, 4) is 0 Å². The number of benzene rings is 2. The van der Waals surface area contributed by atoms with E-state index in [4.69, 9.17) is 4.74 Å². The van der Waals surface area contributed by atoms with Crippen LogP contribution in [0.3, 0.4) is 0 Å². The number of amides is 1. The zero-order valence-corrected chi connectivity index (χ0v) is 17.6. The molecule has 1 fully saturated rings. The Morgan fingerprint density at radius 3 is 2.28 bits per heavy atom. The zero-order valence-electron chi connectivity index (χ0n) is 16.7. The molecule has 1 aliphatic rings. The Bertz CT molecular complexity index is 986. The first-order chi connectivity index (χ1) is 13.8. The van der Waals surface area contributed by atoms with Crippen LogP contribution in [0.5, 0.6) is 0 Å². The third-order valence-corrected chi connectivity index (χ3v) is 7.47. The lowest BCUT2D eigenvalue weighted by Gasteiger charge is -2.25. The van der Waals surface area contributed by atoms with Gasteiger partial charge in [-0.3, -0.25) is 4.79 Å². The molecular formula is C22H25NO5S. The molecule has 0 aromatic heterocycles. The van der Waals surface area contributed by atoms with Gasteiger partial charge in [-0.15, -0.1) is 0 Å². The number of ether oxygens (including phenoxy) is 1. The molecule has 1 heterocycles. The smallest absolute Gasteiger partial charge is 0.329 e. The molecule has 7 heteroatoms. The van der Waals surface area contributed by atoms with Gasteiger partial charge in [-0.1, -0.05) is 55.0 Å². The molecular weight excluding hydrogens is 390 g/mol. The van der Waals surface area contributed by atoms with Crippen LogP contribution in [0.4, 0.5) is 0 Å². The lowest BCUT2D eigenvalue weighted by Crippen LogP contribution is -2.41. The molecule has 0 saturated carbocycles. The minimum Gasteiger partial charge on any atom is -0.464 e. The number of sulfone groups is 1. The molecule has 1 aliphatic heterocycles. The number of nitrogens with zero attached hydrogens (tertiary/aromatic N) is 1. The molecule has 0 N–H and O–H groups in total. The average Bonchev–Trinajstić information content (AvgIpc) is 2.93. The maximum atomic E-state index is 13.3. The van der Waals surface area contributed by atoms with Crippen LogP contribution in [-0.4, -0.2) is 43.1 Å². The Morgan fingerprint density at radius 2 is 1.69 bits per heavy atom. The quantitative estimate of drug-likeness (QED) is 0.678. The van der Waals surface area contributed by atoms with Crippen molar-refractivity contribution in [2.45, 2.75) is 43.5 Å². The highest BCUT2D eigenvalue weighted by Crippen LogP contribution is 2.35. The number of likely N-dealkylation sites (tertiary alicyclic amines) is 1. The molecule has 154 valence electrons. The van der Waals surface area contributed by atoms with Crippen LogP contribution in [0.25, 0.3) is 0 Å². The standard InChI is InChI=1S/C22H25NO5S/c1-4-28-22(25)19-16(3)20(29(26,27)18-12-10-15(2)11-13-18)21(24)23(19)14-17-8-6-5-7-9-17/h5-13,16,19-20H,4,14H2,1-3H3/t16-,19+,20+/m1/s1. The average molecular weight is 416 g/mol. The molecule has 2 aromatic rings. The summed E-state index contributed by atoms with van der Waals surface area (Å²) >= 11 is 0. The van der Waals surface area contributed by atoms with Gasteiger partial charge in [-0.05, 0) is 31.5 Å². The lowest BCUT2D eigenvalue weighted by atomic mass is 10.0. The normalized spacial score (nSPS) is 22.0. The van der Waals surface area contributed by atoms with Crippen LogP contribution in [0.15, 0.2) is 59.5 Å². The summed E-state index contributed by atoms with van der Waals surface area (Å²) in [6.45, 7) is 5.47. The van der Waals surface area contributed by atoms with E-state index in [1.807, 2.05) is 37.3 Å². The second-order valence-electron chi connectivity index (χ2n) is 7.29. The van der Waals surface area contributed by atoms with E-state index in [-0.39, 0.29) is 18.0 Å². The lowest BCUT2D eigenvalue weighted by molar-refractivity contribution is -0.152. The Labute approximate surface area is 171 Å². The fraction of sp³-hybridized carbons (Fsp3) is 0.364. The van der Waals surface area contributed by atoms with Crippen molar-refractivity contribution in [1.82, 2.24) is 4.90 Å². The summed E-state index contributed by atoms with van der Waals surface area (Å²) in [4.78, 5) is 27.3. The summed E-state index contributed by atoms with van der Waals surface area (Å²) in [7, 11) is -3.96. The molecule has 0 bridgehead atoms. The second kappa shape index (κ2) is 8.37. The van der Waals surface area contributed by atoms with E-state index >= 15 is 0 Å². The summed E-state index contributed by atoms with van der Waals surface area (Å²) in [5, 5.41) is -1.33. The Morgan fingerprint density at radius 1 is 1.07 bits per heavy atom. The molecule has 1 amide bonds. The van der Waals surface area contributed by atoms with Crippen LogP contribution in [0.2, 0.25) is 0 Å². The van der Waals surface area contributed by atoms with Crippen molar-refractivity contribution in [1.29, 1.82) is 0 Å². The largest absolute Gasteiger partial charge is 0.464 e. The van der Waals surface area contributed by atoms with E-state index in [1.165, 1.54) is 17.0 Å². The van der Waals surface area contributed by atoms with Gasteiger partial charge < -0.3 is 9.64 Å². The fourth-order valence-electron chi connectivity index (χ4n) is 3.79. The number of aryl methyl sites for hydroxylation is 1. The topological polar surface area (TPSA) is 80.8 Å². The first kappa shape index (κ1) is 21.0. The molecule has 0 radical (unpaired) electrons. The van der Waals surface area contributed by atoms with E-state index in [0.717, 1.165) is 11.1 Å². The number of hydrogen-bond donors (Lipinski definition) is 0. The van der Waals surface area contributed by atoms with Gasteiger partial charge in [0, 0.05) is 12.5 Å². The highest BCUT2D eigenvalue weighted by Gasteiger charge is 2.55. The number of carbonyl (C=O) groups is 2. The molecule has 3 rings (SSSR count).